The third-order valence-electron chi connectivity index (χ3n) is 5.96. The van der Waals surface area contributed by atoms with E-state index in [0.29, 0.717) is 29.0 Å². The molecule has 8 heteroatoms. The van der Waals surface area contributed by atoms with E-state index < -0.39 is 23.8 Å². The largest absolute Gasteiger partial charge is 0.508 e. The van der Waals surface area contributed by atoms with Crippen molar-refractivity contribution in [2.24, 2.45) is 11.8 Å². The zero-order chi connectivity index (χ0) is 24.3. The first kappa shape index (κ1) is 24.5. The molecule has 1 aliphatic carbocycles. The molecule has 8 nitrogen and oxygen atoms in total. The van der Waals surface area contributed by atoms with E-state index >= 15 is 0 Å². The number of hydrogen-bond acceptors (Lipinski definition) is 8. The molecule has 3 atom stereocenters. The summed E-state index contributed by atoms with van der Waals surface area (Å²) < 4.78 is 15.8. The molecular weight excluding hydrogens is 426 g/mol. The number of methoxy groups -OCH3 is 1. The molecule has 0 spiro atoms. The summed E-state index contributed by atoms with van der Waals surface area (Å²) in [5.74, 6) is -3.43. The van der Waals surface area contributed by atoms with Gasteiger partial charge in [-0.2, -0.15) is 0 Å². The molecule has 1 heterocycles. The van der Waals surface area contributed by atoms with Crippen LogP contribution in [0.4, 0.5) is 0 Å². The third-order valence-corrected chi connectivity index (χ3v) is 5.96. The summed E-state index contributed by atoms with van der Waals surface area (Å²) >= 11 is 0. The summed E-state index contributed by atoms with van der Waals surface area (Å²) in [5.41, 5.74) is 2.54. The fourth-order valence-corrected chi connectivity index (χ4v) is 4.45. The van der Waals surface area contributed by atoms with E-state index in [2.05, 4.69) is 5.32 Å². The van der Waals surface area contributed by atoms with Gasteiger partial charge in [-0.15, -0.1) is 0 Å². The second-order valence-electron chi connectivity index (χ2n) is 8.68. The number of nitrogens with one attached hydrogen (secondary N) is 1. The summed E-state index contributed by atoms with van der Waals surface area (Å²) in [6.45, 7) is 7.70. The third kappa shape index (κ3) is 5.11. The molecule has 0 unspecified atom stereocenters. The number of ketones is 1. The Kier molecular flexibility index (Phi) is 7.58. The van der Waals surface area contributed by atoms with Gasteiger partial charge in [-0.3, -0.25) is 9.59 Å². The molecule has 178 valence electrons. The van der Waals surface area contributed by atoms with Crippen LogP contribution in [0, 0.1) is 11.8 Å². The Balaban J connectivity index is 2.02. The van der Waals surface area contributed by atoms with Gasteiger partial charge in [0.25, 0.3) is 0 Å². The zero-order valence-corrected chi connectivity index (χ0v) is 19.6. The maximum atomic E-state index is 13.6. The smallest absolute Gasteiger partial charge is 0.336 e. The SMILES string of the molecule is COC(=O)[C@H]1C(=O)C2=C(C[C@H]1C)NC(C)=C(C(=O)OCCOC(C)C)[C@@H]2c1ccc(O)cc1. The molecule has 33 heavy (non-hydrogen) atoms. The van der Waals surface area contributed by atoms with Crippen molar-refractivity contribution in [2.45, 2.75) is 46.1 Å². The van der Waals surface area contributed by atoms with Crippen molar-refractivity contribution < 1.29 is 33.7 Å². The molecule has 2 aliphatic rings. The quantitative estimate of drug-likeness (QED) is 0.365. The average molecular weight is 458 g/mol. The lowest BCUT2D eigenvalue weighted by atomic mass is 9.69. The van der Waals surface area contributed by atoms with Crippen LogP contribution in [-0.2, 0) is 28.6 Å². The fraction of sp³-hybridized carbons (Fsp3) is 0.480. The summed E-state index contributed by atoms with van der Waals surface area (Å²) in [6.07, 6.45) is 0.465. The Morgan fingerprint density at radius 1 is 1.18 bits per heavy atom. The molecule has 0 amide bonds. The van der Waals surface area contributed by atoms with Crippen LogP contribution in [0.15, 0.2) is 46.8 Å². The first-order valence-electron chi connectivity index (χ1n) is 11.1. The number of rotatable bonds is 7. The Morgan fingerprint density at radius 2 is 1.85 bits per heavy atom. The summed E-state index contributed by atoms with van der Waals surface area (Å²) in [7, 11) is 1.26. The molecule has 0 radical (unpaired) electrons. The van der Waals surface area contributed by atoms with Crippen molar-refractivity contribution in [3.8, 4) is 5.75 Å². The minimum absolute atomic E-state index is 0.00978. The number of benzene rings is 1. The van der Waals surface area contributed by atoms with E-state index in [4.69, 9.17) is 14.2 Å². The van der Waals surface area contributed by atoms with Gasteiger partial charge in [-0.1, -0.05) is 19.1 Å². The van der Waals surface area contributed by atoms with Crippen LogP contribution in [0.25, 0.3) is 0 Å². The van der Waals surface area contributed by atoms with Gasteiger partial charge >= 0.3 is 11.9 Å². The number of carbonyl (C=O) groups excluding carboxylic acids is 3. The predicted molar refractivity (Wildman–Crippen MR) is 120 cm³/mol. The first-order valence-corrected chi connectivity index (χ1v) is 11.1. The Hall–Kier alpha value is -3.13. The molecule has 0 saturated heterocycles. The fourth-order valence-electron chi connectivity index (χ4n) is 4.45. The van der Waals surface area contributed by atoms with Crippen LogP contribution in [0.2, 0.25) is 0 Å². The maximum absolute atomic E-state index is 13.6. The van der Waals surface area contributed by atoms with Gasteiger partial charge in [0, 0.05) is 22.9 Å². The van der Waals surface area contributed by atoms with Crippen LogP contribution < -0.4 is 5.32 Å². The molecule has 0 fully saturated rings. The van der Waals surface area contributed by atoms with E-state index in [1.807, 2.05) is 20.8 Å². The number of dihydropyridines is 1. The topological polar surface area (TPSA) is 111 Å². The summed E-state index contributed by atoms with van der Waals surface area (Å²) in [5, 5.41) is 13.0. The van der Waals surface area contributed by atoms with E-state index in [1.54, 1.807) is 19.1 Å². The van der Waals surface area contributed by atoms with Gasteiger partial charge in [0.1, 0.15) is 18.3 Å². The predicted octanol–water partition coefficient (Wildman–Crippen LogP) is 2.97. The number of phenols is 1. The lowest BCUT2D eigenvalue weighted by Gasteiger charge is -2.38. The second-order valence-corrected chi connectivity index (χ2v) is 8.68. The standard InChI is InChI=1S/C25H31NO7/c1-13(2)32-10-11-33-25(30)20-15(4)26-18-12-14(3)19(24(29)31-5)23(28)22(18)21(20)16-6-8-17(27)9-7-16/h6-9,13-14,19,21,26-27H,10-12H2,1-5H3/t14-,19-,21+/m1/s1. The average Bonchev–Trinajstić information content (AvgIpc) is 2.75. The van der Waals surface area contributed by atoms with Gasteiger partial charge in [0.15, 0.2) is 5.78 Å². The summed E-state index contributed by atoms with van der Waals surface area (Å²) in [6, 6.07) is 6.33. The minimum atomic E-state index is -0.953. The van der Waals surface area contributed by atoms with Crippen molar-refractivity contribution in [2.75, 3.05) is 20.3 Å². The zero-order valence-electron chi connectivity index (χ0n) is 19.6. The van der Waals surface area contributed by atoms with Crippen LogP contribution >= 0.6 is 0 Å². The van der Waals surface area contributed by atoms with E-state index in [1.165, 1.54) is 19.2 Å². The molecule has 1 aromatic carbocycles. The van der Waals surface area contributed by atoms with E-state index in [0.717, 1.165) is 0 Å². The van der Waals surface area contributed by atoms with Gasteiger partial charge in [-0.25, -0.2) is 4.79 Å². The number of esters is 2. The first-order chi connectivity index (χ1) is 15.6. The van der Waals surface area contributed by atoms with Crippen LogP contribution in [-0.4, -0.2) is 49.3 Å². The lowest BCUT2D eigenvalue weighted by Crippen LogP contribution is -2.43. The number of Topliss-reactive ketones (excluding diaryl/α,β-unsaturated/α-hetero) is 1. The highest BCUT2D eigenvalue weighted by Crippen LogP contribution is 2.45. The maximum Gasteiger partial charge on any atom is 0.336 e. The highest BCUT2D eigenvalue weighted by molar-refractivity contribution is 6.12. The monoisotopic (exact) mass is 457 g/mol. The molecule has 0 aromatic heterocycles. The summed E-state index contributed by atoms with van der Waals surface area (Å²) in [4.78, 5) is 39.2. The van der Waals surface area contributed by atoms with Crippen molar-refractivity contribution in [3.05, 3.63) is 52.4 Å². The molecule has 0 bridgehead atoms. The van der Waals surface area contributed by atoms with Crippen LogP contribution in [0.1, 0.15) is 45.6 Å². The normalized spacial score (nSPS) is 22.7. The molecule has 3 rings (SSSR count). The highest BCUT2D eigenvalue weighted by atomic mass is 16.6. The number of hydrogen-bond donors (Lipinski definition) is 2. The van der Waals surface area contributed by atoms with Crippen LogP contribution in [0.3, 0.4) is 0 Å². The van der Waals surface area contributed by atoms with Gasteiger partial charge < -0.3 is 24.6 Å². The van der Waals surface area contributed by atoms with Crippen molar-refractivity contribution in [1.29, 1.82) is 0 Å². The number of aromatic hydroxyl groups is 1. The molecule has 0 saturated carbocycles. The van der Waals surface area contributed by atoms with Gasteiger partial charge in [0.2, 0.25) is 0 Å². The van der Waals surface area contributed by atoms with Crippen molar-refractivity contribution in [1.82, 2.24) is 5.32 Å². The Labute approximate surface area is 193 Å². The molecule has 1 aromatic rings. The Morgan fingerprint density at radius 3 is 2.45 bits per heavy atom. The number of ether oxygens (including phenoxy) is 3. The van der Waals surface area contributed by atoms with Crippen molar-refractivity contribution >= 4 is 17.7 Å². The van der Waals surface area contributed by atoms with Crippen molar-refractivity contribution in [3.63, 3.8) is 0 Å². The van der Waals surface area contributed by atoms with Crippen LogP contribution in [0.5, 0.6) is 5.75 Å². The van der Waals surface area contributed by atoms with E-state index in [-0.39, 0.29) is 42.3 Å². The highest BCUT2D eigenvalue weighted by Gasteiger charge is 2.47. The molecule has 2 N–H and O–H groups in total. The lowest BCUT2D eigenvalue weighted by molar-refractivity contribution is -0.151. The number of phenolic OH excluding ortho intramolecular Hbond substituents is 1. The number of allylic oxidation sites excluding steroid dienone is 3. The molecule has 1 aliphatic heterocycles. The minimum Gasteiger partial charge on any atom is -0.508 e. The number of carbonyl (C=O) groups is 3. The van der Waals surface area contributed by atoms with E-state index in [9.17, 15) is 19.5 Å². The Bertz CT molecular complexity index is 991. The second kappa shape index (κ2) is 10.2. The van der Waals surface area contributed by atoms with Gasteiger partial charge in [0.05, 0.1) is 25.4 Å². The van der Waals surface area contributed by atoms with Gasteiger partial charge in [-0.05, 0) is 50.8 Å². The molecular formula is C25H31NO7.